The van der Waals surface area contributed by atoms with E-state index in [0.29, 0.717) is 43.7 Å². The number of allylic oxidation sites excluding steroid dienone is 1. The molecule has 38 heavy (non-hydrogen) atoms. The number of Topliss-reactive ketones (excluding diaryl/α,β-unsaturated/α-hetero) is 1. The third-order valence-electron chi connectivity index (χ3n) is 7.97. The van der Waals surface area contributed by atoms with Gasteiger partial charge in [0.05, 0.1) is 31.1 Å². The molecule has 0 aromatic heterocycles. The Labute approximate surface area is 223 Å². The van der Waals surface area contributed by atoms with Gasteiger partial charge in [-0.2, -0.15) is 0 Å². The third kappa shape index (κ3) is 4.99. The summed E-state index contributed by atoms with van der Waals surface area (Å²) in [6.45, 7) is 5.31. The van der Waals surface area contributed by atoms with Crippen molar-refractivity contribution in [3.05, 3.63) is 65.4 Å². The summed E-state index contributed by atoms with van der Waals surface area (Å²) in [6.07, 6.45) is 2.31. The van der Waals surface area contributed by atoms with Crippen LogP contribution in [-0.4, -0.2) is 49.2 Å². The molecule has 1 atom stereocenters. The molecule has 2 amide bonds. The van der Waals surface area contributed by atoms with Crippen molar-refractivity contribution in [3.8, 4) is 5.75 Å². The van der Waals surface area contributed by atoms with Crippen molar-refractivity contribution in [2.75, 3.05) is 37.0 Å². The zero-order chi connectivity index (χ0) is 27.0. The summed E-state index contributed by atoms with van der Waals surface area (Å²) in [5, 5.41) is 3.59. The average molecular weight is 517 g/mol. The number of primary amides is 1. The Kier molecular flexibility index (Phi) is 6.90. The van der Waals surface area contributed by atoms with Gasteiger partial charge in [0.1, 0.15) is 5.75 Å². The minimum atomic E-state index is -0.466. The zero-order valence-electron chi connectivity index (χ0n) is 22.3. The van der Waals surface area contributed by atoms with Crippen LogP contribution in [0.25, 0.3) is 0 Å². The number of ether oxygens (including phenoxy) is 1. The summed E-state index contributed by atoms with van der Waals surface area (Å²) in [5.74, 6) is 0.245. The Morgan fingerprint density at radius 3 is 2.53 bits per heavy atom. The normalized spacial score (nSPS) is 21.2. The second-order valence-corrected chi connectivity index (χ2v) is 11.3. The molecule has 1 saturated heterocycles. The van der Waals surface area contributed by atoms with Crippen LogP contribution in [-0.2, 0) is 14.4 Å². The molecule has 3 N–H and O–H groups in total. The predicted octanol–water partition coefficient (Wildman–Crippen LogP) is 4.04. The number of methoxy groups -OCH3 is 1. The highest BCUT2D eigenvalue weighted by Crippen LogP contribution is 2.48. The van der Waals surface area contributed by atoms with Gasteiger partial charge in [0.2, 0.25) is 11.8 Å². The van der Waals surface area contributed by atoms with Crippen molar-refractivity contribution >= 4 is 29.0 Å². The van der Waals surface area contributed by atoms with Gasteiger partial charge >= 0.3 is 0 Å². The molecular weight excluding hydrogens is 480 g/mol. The highest BCUT2D eigenvalue weighted by atomic mass is 16.5. The lowest BCUT2D eigenvalue weighted by Gasteiger charge is -2.39. The number of rotatable bonds is 5. The number of amides is 2. The van der Waals surface area contributed by atoms with Crippen LogP contribution in [0.5, 0.6) is 5.75 Å². The van der Waals surface area contributed by atoms with E-state index in [1.807, 2.05) is 53.4 Å². The molecule has 1 aliphatic carbocycles. The summed E-state index contributed by atoms with van der Waals surface area (Å²) in [7, 11) is 1.62. The second kappa shape index (κ2) is 10.2. The van der Waals surface area contributed by atoms with Crippen molar-refractivity contribution in [2.24, 2.45) is 17.1 Å². The van der Waals surface area contributed by atoms with Crippen LogP contribution in [0.4, 0.5) is 11.4 Å². The van der Waals surface area contributed by atoms with Crippen molar-refractivity contribution < 1.29 is 19.1 Å². The molecule has 2 aromatic rings. The van der Waals surface area contributed by atoms with E-state index in [9.17, 15) is 14.4 Å². The number of likely N-dealkylation sites (tertiary alicyclic amines) is 1. The number of nitrogens with zero attached hydrogens (tertiary/aromatic N) is 2. The number of hydrogen-bond acceptors (Lipinski definition) is 6. The number of hydrogen-bond donors (Lipinski definition) is 2. The van der Waals surface area contributed by atoms with Gasteiger partial charge in [0, 0.05) is 36.7 Å². The first-order chi connectivity index (χ1) is 18.2. The second-order valence-electron chi connectivity index (χ2n) is 11.3. The number of carbonyl (C=O) groups excluding carboxylic acids is 3. The molecule has 1 fully saturated rings. The van der Waals surface area contributed by atoms with Gasteiger partial charge in [-0.15, -0.1) is 0 Å². The molecule has 3 aliphatic rings. The van der Waals surface area contributed by atoms with E-state index in [1.54, 1.807) is 7.11 Å². The predicted molar refractivity (Wildman–Crippen MR) is 147 cm³/mol. The summed E-state index contributed by atoms with van der Waals surface area (Å²) in [5.41, 5.74) is 9.56. The van der Waals surface area contributed by atoms with E-state index < -0.39 is 6.04 Å². The van der Waals surface area contributed by atoms with Gasteiger partial charge in [0.15, 0.2) is 5.78 Å². The van der Waals surface area contributed by atoms with Crippen LogP contribution in [0.15, 0.2) is 59.8 Å². The van der Waals surface area contributed by atoms with Crippen molar-refractivity contribution in [2.45, 2.75) is 45.6 Å². The van der Waals surface area contributed by atoms with Gasteiger partial charge in [-0.3, -0.25) is 14.4 Å². The summed E-state index contributed by atoms with van der Waals surface area (Å²) < 4.78 is 5.54. The first-order valence-corrected chi connectivity index (χ1v) is 13.3. The number of anilines is 2. The topological polar surface area (TPSA) is 105 Å². The highest BCUT2D eigenvalue weighted by molar-refractivity contribution is 6.02. The molecular formula is C30H36N4O4. The maximum atomic E-state index is 13.8. The number of para-hydroxylation sites is 2. The lowest BCUT2D eigenvalue weighted by molar-refractivity contribution is -0.133. The Bertz CT molecular complexity index is 1290. The average Bonchev–Trinajstić information content (AvgIpc) is 3.02. The SMILES string of the molecule is COc1cccc(C2C3=C(CC(C)(C)CC3=O)Nc3ccccc3N2CC(=O)N2CCC(C(N)=O)CC2)c1. The minimum absolute atomic E-state index is 0.0387. The Hall–Kier alpha value is -3.81. The fraction of sp³-hybridized carbons (Fsp3) is 0.433. The molecule has 0 radical (unpaired) electrons. The molecule has 2 aromatic carbocycles. The Balaban J connectivity index is 1.59. The lowest BCUT2D eigenvalue weighted by Crippen LogP contribution is -2.47. The van der Waals surface area contributed by atoms with Crippen molar-refractivity contribution in [3.63, 3.8) is 0 Å². The van der Waals surface area contributed by atoms with Crippen LogP contribution in [0.3, 0.4) is 0 Å². The van der Waals surface area contributed by atoms with Crippen molar-refractivity contribution in [1.29, 1.82) is 0 Å². The Morgan fingerprint density at radius 1 is 1.08 bits per heavy atom. The zero-order valence-corrected chi connectivity index (χ0v) is 22.3. The van der Waals surface area contributed by atoms with Gasteiger partial charge in [0.25, 0.3) is 0 Å². The molecule has 8 nitrogen and oxygen atoms in total. The smallest absolute Gasteiger partial charge is 0.242 e. The van der Waals surface area contributed by atoms with Gasteiger partial charge < -0.3 is 25.6 Å². The number of piperidine rings is 1. The van der Waals surface area contributed by atoms with E-state index in [2.05, 4.69) is 24.1 Å². The summed E-state index contributed by atoms with van der Waals surface area (Å²) >= 11 is 0. The van der Waals surface area contributed by atoms with Gasteiger partial charge in [-0.05, 0) is 54.5 Å². The maximum absolute atomic E-state index is 13.8. The molecule has 5 rings (SSSR count). The fourth-order valence-electron chi connectivity index (χ4n) is 6.04. The first kappa shape index (κ1) is 25.8. The number of nitrogens with two attached hydrogens (primary N) is 1. The van der Waals surface area contributed by atoms with Gasteiger partial charge in [-0.1, -0.05) is 38.1 Å². The first-order valence-electron chi connectivity index (χ1n) is 13.3. The van der Waals surface area contributed by atoms with E-state index in [1.165, 1.54) is 0 Å². The number of carbonyl (C=O) groups is 3. The quantitative estimate of drug-likeness (QED) is 0.622. The van der Waals surface area contributed by atoms with Crippen LogP contribution >= 0.6 is 0 Å². The lowest BCUT2D eigenvalue weighted by atomic mass is 9.73. The van der Waals surface area contributed by atoms with Crippen LogP contribution < -0.4 is 20.7 Å². The number of nitrogens with one attached hydrogen (secondary N) is 1. The molecule has 0 bridgehead atoms. The molecule has 2 aliphatic heterocycles. The molecule has 8 heteroatoms. The molecule has 0 saturated carbocycles. The Morgan fingerprint density at radius 2 is 1.82 bits per heavy atom. The molecule has 200 valence electrons. The van der Waals surface area contributed by atoms with E-state index in [4.69, 9.17) is 10.5 Å². The maximum Gasteiger partial charge on any atom is 0.242 e. The standard InChI is InChI=1S/C30H36N4O4/c1-30(2)16-23-27(25(35)17-30)28(20-7-6-8-21(15-20)38-3)34(24-10-5-4-9-22(24)32-23)18-26(36)33-13-11-19(12-14-33)29(31)37/h4-10,15,19,28,32H,11-14,16-18H2,1-3H3,(H2,31,37). The largest absolute Gasteiger partial charge is 0.497 e. The number of benzene rings is 2. The molecule has 2 heterocycles. The van der Waals surface area contributed by atoms with E-state index in [0.717, 1.165) is 29.1 Å². The number of fused-ring (bicyclic) bond motifs is 1. The van der Waals surface area contributed by atoms with Crippen LogP contribution in [0.1, 0.15) is 51.1 Å². The summed E-state index contributed by atoms with van der Waals surface area (Å²) in [4.78, 5) is 43.1. The summed E-state index contributed by atoms with van der Waals surface area (Å²) in [6, 6.07) is 15.2. The third-order valence-corrected chi connectivity index (χ3v) is 7.97. The van der Waals surface area contributed by atoms with Crippen LogP contribution in [0.2, 0.25) is 0 Å². The van der Waals surface area contributed by atoms with E-state index in [-0.39, 0.29) is 35.5 Å². The molecule has 1 unspecified atom stereocenters. The minimum Gasteiger partial charge on any atom is -0.497 e. The fourth-order valence-corrected chi connectivity index (χ4v) is 6.04. The number of ketones is 1. The highest BCUT2D eigenvalue weighted by Gasteiger charge is 2.42. The molecule has 0 spiro atoms. The van der Waals surface area contributed by atoms with Gasteiger partial charge in [-0.25, -0.2) is 0 Å². The van der Waals surface area contributed by atoms with Crippen molar-refractivity contribution in [1.82, 2.24) is 4.90 Å². The van der Waals surface area contributed by atoms with E-state index >= 15 is 0 Å². The monoisotopic (exact) mass is 516 g/mol. The van der Waals surface area contributed by atoms with Crippen LogP contribution in [0, 0.1) is 11.3 Å².